The minimum absolute atomic E-state index is 0.1000. The van der Waals surface area contributed by atoms with Crippen molar-refractivity contribution in [2.75, 3.05) is 6.61 Å². The molecule has 3 rings (SSSR count). The van der Waals surface area contributed by atoms with Gasteiger partial charge >= 0.3 is 0 Å². The number of hydrogen-bond donors (Lipinski definition) is 1. The number of nitrogens with zero attached hydrogens (tertiary/aromatic N) is 1. The molecule has 0 aliphatic rings. The first-order chi connectivity index (χ1) is 13.6. The first kappa shape index (κ1) is 19.8. The highest BCUT2D eigenvalue weighted by Gasteiger charge is 2.05. The number of carbonyl (C=O) groups excluding carboxylic acids is 1. The van der Waals surface area contributed by atoms with Crippen LogP contribution in [-0.4, -0.2) is 18.7 Å². The number of rotatable bonds is 8. The van der Waals surface area contributed by atoms with Crippen LogP contribution in [0.25, 0.3) is 0 Å². The lowest BCUT2D eigenvalue weighted by atomic mass is 10.1. The highest BCUT2D eigenvalue weighted by molar-refractivity contribution is 7.99. The molecule has 28 heavy (non-hydrogen) atoms. The summed E-state index contributed by atoms with van der Waals surface area (Å²) in [5, 5.41) is 4.68. The first-order valence-corrected chi connectivity index (χ1v) is 9.82. The molecule has 3 aromatic rings. The molecule has 0 radical (unpaired) electrons. The summed E-state index contributed by atoms with van der Waals surface area (Å²) < 4.78 is 11.2. The van der Waals surface area contributed by atoms with Crippen LogP contribution in [0, 0.1) is 6.92 Å². The third kappa shape index (κ3) is 6.03. The van der Waals surface area contributed by atoms with Crippen molar-refractivity contribution in [2.45, 2.75) is 30.3 Å². The molecule has 0 saturated carbocycles. The summed E-state index contributed by atoms with van der Waals surface area (Å²) in [5.74, 6) is 0.914. The van der Waals surface area contributed by atoms with Crippen molar-refractivity contribution in [2.24, 2.45) is 5.10 Å². The zero-order valence-electron chi connectivity index (χ0n) is 15.8. The molecule has 0 atom stereocenters. The van der Waals surface area contributed by atoms with E-state index in [4.69, 9.17) is 9.15 Å². The Balaban J connectivity index is 1.47. The third-order valence-corrected chi connectivity index (χ3v) is 4.76. The van der Waals surface area contributed by atoms with Gasteiger partial charge < -0.3 is 9.15 Å². The van der Waals surface area contributed by atoms with Crippen molar-refractivity contribution in [3.05, 3.63) is 77.6 Å². The van der Waals surface area contributed by atoms with Gasteiger partial charge in [-0.1, -0.05) is 43.0 Å². The van der Waals surface area contributed by atoms with Gasteiger partial charge in [-0.2, -0.15) is 5.10 Å². The Bertz CT molecular complexity index is 951. The molecule has 1 heterocycles. The Kier molecular flexibility index (Phi) is 6.92. The van der Waals surface area contributed by atoms with Crippen LogP contribution in [0.15, 0.2) is 80.2 Å². The Hall–Kier alpha value is -2.99. The number of ether oxygens (including phenoxy) is 1. The lowest BCUT2D eigenvalue weighted by molar-refractivity contribution is -0.123. The maximum absolute atomic E-state index is 11.9. The molecule has 0 aliphatic heterocycles. The van der Waals surface area contributed by atoms with Crippen LogP contribution in [0.2, 0.25) is 0 Å². The molecule has 0 bridgehead atoms. The van der Waals surface area contributed by atoms with Gasteiger partial charge in [-0.05, 0) is 60.9 Å². The third-order valence-electron chi connectivity index (χ3n) is 3.83. The second-order valence-electron chi connectivity index (χ2n) is 6.16. The summed E-state index contributed by atoms with van der Waals surface area (Å²) in [6.45, 7) is 3.99. The molecule has 1 aromatic heterocycles. The molecule has 0 unspecified atom stereocenters. The number of hydrazone groups is 1. The smallest absolute Gasteiger partial charge is 0.277 e. The molecule has 144 valence electrons. The second kappa shape index (κ2) is 9.80. The molecule has 1 amide bonds. The molecular formula is C22H22N2O3S. The van der Waals surface area contributed by atoms with Crippen LogP contribution in [0.5, 0.6) is 5.75 Å². The highest BCUT2D eigenvalue weighted by atomic mass is 32.2. The molecule has 6 heteroatoms. The molecule has 1 N–H and O–H groups in total. The standard InChI is InChI=1S/C22H22N2O3S/c1-3-17-11-16(2)12-19(13-17)26-15-21(25)24-23-14-18-9-10-22(27-18)28-20-7-5-4-6-8-20/h4-14H,3,15H2,1-2H3,(H,24,25)/b23-14+. The average molecular weight is 394 g/mol. The second-order valence-corrected chi connectivity index (χ2v) is 7.24. The number of furan rings is 1. The van der Waals surface area contributed by atoms with E-state index in [0.29, 0.717) is 11.5 Å². The van der Waals surface area contributed by atoms with Gasteiger partial charge in [0.1, 0.15) is 11.5 Å². The SMILES string of the molecule is CCc1cc(C)cc(OCC(=O)N/N=C/c2ccc(Sc3ccccc3)o2)c1. The largest absolute Gasteiger partial charge is 0.484 e. The Morgan fingerprint density at radius 1 is 1.18 bits per heavy atom. The maximum atomic E-state index is 11.9. The molecule has 0 aliphatic carbocycles. The average Bonchev–Trinajstić information content (AvgIpc) is 3.14. The van der Waals surface area contributed by atoms with Crippen LogP contribution >= 0.6 is 11.8 Å². The summed E-state index contributed by atoms with van der Waals surface area (Å²) in [5.41, 5.74) is 4.72. The van der Waals surface area contributed by atoms with E-state index in [0.717, 1.165) is 22.0 Å². The molecular weight excluding hydrogens is 372 g/mol. The van der Waals surface area contributed by atoms with Gasteiger partial charge in [-0.25, -0.2) is 5.43 Å². The molecule has 0 saturated heterocycles. The fourth-order valence-corrected chi connectivity index (χ4v) is 3.32. The minimum atomic E-state index is -0.332. The van der Waals surface area contributed by atoms with Crippen molar-refractivity contribution in [3.63, 3.8) is 0 Å². The van der Waals surface area contributed by atoms with Crippen LogP contribution < -0.4 is 10.2 Å². The van der Waals surface area contributed by atoms with E-state index >= 15 is 0 Å². The molecule has 5 nitrogen and oxygen atoms in total. The number of benzene rings is 2. The lowest BCUT2D eigenvalue weighted by Gasteiger charge is -2.08. The summed E-state index contributed by atoms with van der Waals surface area (Å²) in [7, 11) is 0. The van der Waals surface area contributed by atoms with E-state index in [9.17, 15) is 4.79 Å². The van der Waals surface area contributed by atoms with Crippen LogP contribution in [-0.2, 0) is 11.2 Å². The fraction of sp³-hybridized carbons (Fsp3) is 0.182. The summed E-state index contributed by atoms with van der Waals surface area (Å²) in [6, 6.07) is 19.6. The van der Waals surface area contributed by atoms with Crippen molar-refractivity contribution in [3.8, 4) is 5.75 Å². The van der Waals surface area contributed by atoms with Gasteiger partial charge in [0.15, 0.2) is 11.7 Å². The number of amides is 1. The quantitative estimate of drug-likeness (QED) is 0.439. The molecule has 0 spiro atoms. The van der Waals surface area contributed by atoms with Gasteiger partial charge in [0.2, 0.25) is 0 Å². The highest BCUT2D eigenvalue weighted by Crippen LogP contribution is 2.28. The first-order valence-electron chi connectivity index (χ1n) is 9.00. The lowest BCUT2D eigenvalue weighted by Crippen LogP contribution is -2.24. The summed E-state index contributed by atoms with van der Waals surface area (Å²) in [4.78, 5) is 13.0. The topological polar surface area (TPSA) is 63.8 Å². The summed E-state index contributed by atoms with van der Waals surface area (Å²) >= 11 is 1.52. The van der Waals surface area contributed by atoms with Crippen molar-refractivity contribution in [1.82, 2.24) is 5.43 Å². The Morgan fingerprint density at radius 2 is 2.00 bits per heavy atom. The van der Waals surface area contributed by atoms with E-state index in [-0.39, 0.29) is 12.5 Å². The van der Waals surface area contributed by atoms with E-state index in [2.05, 4.69) is 23.5 Å². The van der Waals surface area contributed by atoms with Gasteiger partial charge in [0.25, 0.3) is 5.91 Å². The van der Waals surface area contributed by atoms with Gasteiger partial charge in [0, 0.05) is 4.90 Å². The normalized spacial score (nSPS) is 10.9. The van der Waals surface area contributed by atoms with Crippen molar-refractivity contribution >= 4 is 23.9 Å². The van der Waals surface area contributed by atoms with Gasteiger partial charge in [0.05, 0.1) is 6.21 Å². The molecule has 2 aromatic carbocycles. The molecule has 0 fully saturated rings. The van der Waals surface area contributed by atoms with E-state index in [1.54, 1.807) is 6.07 Å². The Morgan fingerprint density at radius 3 is 2.79 bits per heavy atom. The minimum Gasteiger partial charge on any atom is -0.484 e. The monoisotopic (exact) mass is 394 g/mol. The number of aryl methyl sites for hydroxylation is 2. The van der Waals surface area contributed by atoms with Gasteiger partial charge in [-0.3, -0.25) is 4.79 Å². The van der Waals surface area contributed by atoms with Gasteiger partial charge in [-0.15, -0.1) is 0 Å². The van der Waals surface area contributed by atoms with E-state index < -0.39 is 0 Å². The predicted molar refractivity (Wildman–Crippen MR) is 111 cm³/mol. The maximum Gasteiger partial charge on any atom is 0.277 e. The zero-order chi connectivity index (χ0) is 19.8. The van der Waals surface area contributed by atoms with Crippen LogP contribution in [0.1, 0.15) is 23.8 Å². The van der Waals surface area contributed by atoms with Crippen LogP contribution in [0.3, 0.4) is 0 Å². The Labute approximate surface area is 168 Å². The predicted octanol–water partition coefficient (Wildman–Crippen LogP) is 4.83. The number of nitrogens with one attached hydrogen (secondary N) is 1. The van der Waals surface area contributed by atoms with Crippen molar-refractivity contribution < 1.29 is 13.9 Å². The van der Waals surface area contributed by atoms with Crippen molar-refractivity contribution in [1.29, 1.82) is 0 Å². The fourth-order valence-electron chi connectivity index (χ4n) is 2.52. The zero-order valence-corrected chi connectivity index (χ0v) is 16.7. The van der Waals surface area contributed by atoms with E-state index in [1.807, 2.05) is 55.5 Å². The summed E-state index contributed by atoms with van der Waals surface area (Å²) in [6.07, 6.45) is 2.39. The van der Waals surface area contributed by atoms with Crippen LogP contribution in [0.4, 0.5) is 0 Å². The van der Waals surface area contributed by atoms with E-state index in [1.165, 1.54) is 23.5 Å². The number of hydrogen-bond acceptors (Lipinski definition) is 5. The number of carbonyl (C=O) groups is 1.